The van der Waals surface area contributed by atoms with Gasteiger partial charge in [-0.2, -0.15) is 18.4 Å². The Labute approximate surface area is 218 Å². The first-order valence-corrected chi connectivity index (χ1v) is 12.2. The van der Waals surface area contributed by atoms with Crippen molar-refractivity contribution in [3.8, 4) is 6.07 Å². The van der Waals surface area contributed by atoms with Crippen LogP contribution in [0, 0.1) is 11.3 Å². The number of halogens is 4. The Bertz CT molecular complexity index is 1230. The summed E-state index contributed by atoms with van der Waals surface area (Å²) in [6.07, 6.45) is -4.71. The number of benzene rings is 3. The van der Waals surface area contributed by atoms with Gasteiger partial charge in [0.05, 0.1) is 29.9 Å². The lowest BCUT2D eigenvalue weighted by atomic mass is 10.1. The predicted octanol–water partition coefficient (Wildman–Crippen LogP) is 5.95. The van der Waals surface area contributed by atoms with Crippen LogP contribution >= 0.6 is 11.6 Å². The monoisotopic (exact) mass is 527 g/mol. The molecule has 0 radical (unpaired) electrons. The Hall–Kier alpha value is -3.38. The Morgan fingerprint density at radius 2 is 1.57 bits per heavy atom. The van der Waals surface area contributed by atoms with Gasteiger partial charge in [0.15, 0.2) is 0 Å². The van der Waals surface area contributed by atoms with Crippen molar-refractivity contribution in [2.24, 2.45) is 0 Å². The van der Waals surface area contributed by atoms with Gasteiger partial charge in [0.2, 0.25) is 0 Å². The number of nitrogens with zero attached hydrogens (tertiary/aromatic N) is 3. The van der Waals surface area contributed by atoms with Crippen molar-refractivity contribution in [2.75, 3.05) is 32.7 Å². The number of hydrogen-bond donors (Lipinski definition) is 0. The van der Waals surface area contributed by atoms with E-state index in [9.17, 15) is 18.0 Å². The second kappa shape index (κ2) is 11.8. The van der Waals surface area contributed by atoms with Gasteiger partial charge in [0.1, 0.15) is 0 Å². The van der Waals surface area contributed by atoms with E-state index in [0.29, 0.717) is 54.4 Å². The molecule has 4 rings (SSSR count). The largest absolute Gasteiger partial charge is 0.416 e. The van der Waals surface area contributed by atoms with Crippen LogP contribution in [0.5, 0.6) is 0 Å². The van der Waals surface area contributed by atoms with E-state index in [1.165, 1.54) is 12.1 Å². The summed E-state index contributed by atoms with van der Waals surface area (Å²) in [5.74, 6) is -0.0723. The number of amides is 1. The highest BCUT2D eigenvalue weighted by molar-refractivity contribution is 6.30. The molecule has 9 heteroatoms. The molecule has 0 aromatic heterocycles. The van der Waals surface area contributed by atoms with Gasteiger partial charge in [-0.05, 0) is 59.7 Å². The fourth-order valence-corrected chi connectivity index (χ4v) is 4.28. The van der Waals surface area contributed by atoms with Gasteiger partial charge in [0, 0.05) is 43.3 Å². The zero-order valence-corrected chi connectivity index (χ0v) is 20.7. The molecule has 1 aliphatic rings. The number of ether oxygens (including phenoxy) is 1. The van der Waals surface area contributed by atoms with Crippen LogP contribution in [-0.2, 0) is 17.5 Å². The topological polar surface area (TPSA) is 56.6 Å². The third kappa shape index (κ3) is 7.10. The molecular formula is C28H25ClF3N3O2. The van der Waals surface area contributed by atoms with E-state index >= 15 is 0 Å². The molecule has 1 saturated heterocycles. The molecule has 1 heterocycles. The van der Waals surface area contributed by atoms with Gasteiger partial charge in [-0.25, -0.2) is 0 Å². The smallest absolute Gasteiger partial charge is 0.368 e. The third-order valence-corrected chi connectivity index (χ3v) is 6.57. The summed E-state index contributed by atoms with van der Waals surface area (Å²) in [6, 6.07) is 20.9. The Morgan fingerprint density at radius 3 is 2.14 bits per heavy atom. The summed E-state index contributed by atoms with van der Waals surface area (Å²) in [5, 5.41) is 9.54. The van der Waals surface area contributed by atoms with E-state index in [0.717, 1.165) is 17.7 Å². The molecule has 0 saturated carbocycles. The van der Waals surface area contributed by atoms with Crippen molar-refractivity contribution in [1.82, 2.24) is 9.80 Å². The second-order valence-electron chi connectivity index (χ2n) is 8.83. The van der Waals surface area contributed by atoms with E-state index < -0.39 is 11.7 Å². The van der Waals surface area contributed by atoms with E-state index in [1.54, 1.807) is 41.3 Å². The molecule has 0 N–H and O–H groups in total. The second-order valence-corrected chi connectivity index (χ2v) is 9.26. The third-order valence-electron chi connectivity index (χ3n) is 6.32. The standard InChI is InChI=1S/C28H25ClF3N3O2/c29-25-11-7-22(8-12-25)26(37-19-21-3-9-24(10-4-21)28(30,31)32)18-34-13-15-35(16-14-34)27(36)23-5-1-20(17-33)2-6-23/h1-12,26H,13-16,18-19H2. The van der Waals surface area contributed by atoms with Crippen molar-refractivity contribution in [3.63, 3.8) is 0 Å². The Kier molecular flexibility index (Phi) is 8.49. The number of rotatable bonds is 7. The van der Waals surface area contributed by atoms with Crippen LogP contribution in [0.1, 0.15) is 38.7 Å². The number of hydrogen-bond acceptors (Lipinski definition) is 4. The average molecular weight is 528 g/mol. The summed E-state index contributed by atoms with van der Waals surface area (Å²) in [5.41, 5.74) is 1.91. The average Bonchev–Trinajstić information content (AvgIpc) is 2.91. The molecule has 1 aliphatic heterocycles. The summed E-state index contributed by atoms with van der Waals surface area (Å²) >= 11 is 6.05. The number of carbonyl (C=O) groups is 1. The van der Waals surface area contributed by atoms with Gasteiger partial charge in [-0.15, -0.1) is 0 Å². The first-order chi connectivity index (χ1) is 17.7. The lowest BCUT2D eigenvalue weighted by molar-refractivity contribution is -0.137. The van der Waals surface area contributed by atoms with Crippen molar-refractivity contribution in [2.45, 2.75) is 18.9 Å². The highest BCUT2D eigenvalue weighted by Crippen LogP contribution is 2.30. The van der Waals surface area contributed by atoms with E-state index in [1.807, 2.05) is 18.2 Å². The molecular weight excluding hydrogens is 503 g/mol. The normalized spacial score (nSPS) is 15.3. The maximum absolute atomic E-state index is 12.9. The molecule has 3 aromatic rings. The number of piperazine rings is 1. The summed E-state index contributed by atoms with van der Waals surface area (Å²) < 4.78 is 44.8. The minimum atomic E-state index is -4.38. The summed E-state index contributed by atoms with van der Waals surface area (Å²) in [4.78, 5) is 16.8. The fraction of sp³-hybridized carbons (Fsp3) is 0.286. The van der Waals surface area contributed by atoms with Crippen molar-refractivity contribution >= 4 is 17.5 Å². The van der Waals surface area contributed by atoms with Crippen LogP contribution < -0.4 is 0 Å². The minimum absolute atomic E-state index is 0.0723. The van der Waals surface area contributed by atoms with Crippen LogP contribution in [0.15, 0.2) is 72.8 Å². The highest BCUT2D eigenvalue weighted by Gasteiger charge is 2.30. The number of nitriles is 1. The molecule has 37 heavy (non-hydrogen) atoms. The predicted molar refractivity (Wildman–Crippen MR) is 134 cm³/mol. The zero-order valence-electron chi connectivity index (χ0n) is 19.9. The number of alkyl halides is 3. The van der Waals surface area contributed by atoms with Crippen LogP contribution in [0.4, 0.5) is 13.2 Å². The van der Waals surface area contributed by atoms with Crippen LogP contribution in [0.3, 0.4) is 0 Å². The molecule has 0 spiro atoms. The molecule has 3 aromatic carbocycles. The van der Waals surface area contributed by atoms with E-state index in [-0.39, 0.29) is 18.6 Å². The molecule has 0 aliphatic carbocycles. The summed E-state index contributed by atoms with van der Waals surface area (Å²) in [7, 11) is 0. The lowest BCUT2D eigenvalue weighted by Crippen LogP contribution is -2.49. The quantitative estimate of drug-likeness (QED) is 0.381. The Morgan fingerprint density at radius 1 is 0.946 bits per heavy atom. The lowest BCUT2D eigenvalue weighted by Gasteiger charge is -2.36. The van der Waals surface area contributed by atoms with Gasteiger partial charge < -0.3 is 9.64 Å². The molecule has 1 fully saturated rings. The van der Waals surface area contributed by atoms with E-state index in [2.05, 4.69) is 4.90 Å². The SMILES string of the molecule is N#Cc1ccc(C(=O)N2CCN(CC(OCc3ccc(C(F)(F)F)cc3)c3ccc(Cl)cc3)CC2)cc1. The van der Waals surface area contributed by atoms with Crippen LogP contribution in [0.25, 0.3) is 0 Å². The van der Waals surface area contributed by atoms with Crippen molar-refractivity contribution in [1.29, 1.82) is 5.26 Å². The summed E-state index contributed by atoms with van der Waals surface area (Å²) in [6.45, 7) is 3.10. The van der Waals surface area contributed by atoms with Crippen molar-refractivity contribution < 1.29 is 22.7 Å². The van der Waals surface area contributed by atoms with Crippen molar-refractivity contribution in [3.05, 3.63) is 106 Å². The van der Waals surface area contributed by atoms with Gasteiger partial charge >= 0.3 is 6.18 Å². The highest BCUT2D eigenvalue weighted by atomic mass is 35.5. The molecule has 1 atom stereocenters. The maximum atomic E-state index is 12.9. The van der Waals surface area contributed by atoms with Gasteiger partial charge in [0.25, 0.3) is 5.91 Å². The van der Waals surface area contributed by atoms with Gasteiger partial charge in [-0.1, -0.05) is 35.9 Å². The first kappa shape index (κ1) is 26.7. The zero-order chi connectivity index (χ0) is 26.4. The molecule has 192 valence electrons. The first-order valence-electron chi connectivity index (χ1n) is 11.8. The molecule has 1 unspecified atom stereocenters. The van der Waals surface area contributed by atoms with Crippen LogP contribution in [0.2, 0.25) is 5.02 Å². The fourth-order valence-electron chi connectivity index (χ4n) is 4.16. The molecule has 5 nitrogen and oxygen atoms in total. The minimum Gasteiger partial charge on any atom is -0.368 e. The van der Waals surface area contributed by atoms with Crippen LogP contribution in [-0.4, -0.2) is 48.4 Å². The van der Waals surface area contributed by atoms with Gasteiger partial charge in [-0.3, -0.25) is 9.69 Å². The maximum Gasteiger partial charge on any atom is 0.416 e. The molecule has 1 amide bonds. The van der Waals surface area contributed by atoms with E-state index in [4.69, 9.17) is 21.6 Å². The molecule has 0 bridgehead atoms. The number of carbonyl (C=O) groups excluding carboxylic acids is 1. The Balaban J connectivity index is 1.38.